The van der Waals surface area contributed by atoms with Crippen LogP contribution in [0.15, 0.2) is 28.7 Å². The zero-order chi connectivity index (χ0) is 15.4. The molecule has 1 unspecified atom stereocenters. The van der Waals surface area contributed by atoms with Gasteiger partial charge in [-0.15, -0.1) is 0 Å². The Balaban J connectivity index is 2.30. The second-order valence-corrected chi connectivity index (χ2v) is 6.31. The number of halogens is 2. The fourth-order valence-corrected chi connectivity index (χ4v) is 3.08. The summed E-state index contributed by atoms with van der Waals surface area (Å²) in [6.07, 6.45) is 1.51. The van der Waals surface area contributed by atoms with Crippen molar-refractivity contribution in [2.75, 3.05) is 6.61 Å². The van der Waals surface area contributed by atoms with E-state index in [1.54, 1.807) is 0 Å². The number of aliphatic hydroxyl groups is 1. The summed E-state index contributed by atoms with van der Waals surface area (Å²) in [5.74, 6) is 0.0299. The minimum Gasteiger partial charge on any atom is -0.396 e. The van der Waals surface area contributed by atoms with Gasteiger partial charge >= 0.3 is 0 Å². The van der Waals surface area contributed by atoms with Crippen molar-refractivity contribution in [2.45, 2.75) is 39.2 Å². The minimum absolute atomic E-state index is 0.0299. The molecule has 1 aromatic carbocycles. The molecule has 21 heavy (non-hydrogen) atoms. The van der Waals surface area contributed by atoms with E-state index in [2.05, 4.69) is 34.9 Å². The van der Waals surface area contributed by atoms with Crippen molar-refractivity contribution < 1.29 is 5.11 Å². The van der Waals surface area contributed by atoms with Gasteiger partial charge in [0.2, 0.25) is 0 Å². The van der Waals surface area contributed by atoms with Crippen molar-refractivity contribution >= 4 is 27.5 Å². The monoisotopic (exact) mass is 370 g/mol. The number of aliphatic hydroxyl groups excluding tert-OH is 1. The van der Waals surface area contributed by atoms with Gasteiger partial charge in [0.25, 0.3) is 0 Å². The average molecular weight is 372 g/mol. The Bertz CT molecular complexity index is 595. The lowest BCUT2D eigenvalue weighted by Crippen LogP contribution is -2.12. The van der Waals surface area contributed by atoms with Crippen LogP contribution in [-0.4, -0.2) is 21.5 Å². The van der Waals surface area contributed by atoms with Crippen LogP contribution in [-0.2, 0) is 19.4 Å². The van der Waals surface area contributed by atoms with Crippen molar-refractivity contribution in [1.29, 1.82) is 0 Å². The van der Waals surface area contributed by atoms with Gasteiger partial charge in [-0.1, -0.05) is 46.6 Å². The molecule has 0 saturated carbocycles. The van der Waals surface area contributed by atoms with Crippen LogP contribution in [0.4, 0.5) is 0 Å². The highest BCUT2D eigenvalue weighted by Crippen LogP contribution is 2.28. The third-order valence-electron chi connectivity index (χ3n) is 3.70. The zero-order valence-electron chi connectivity index (χ0n) is 12.3. The molecule has 0 aliphatic carbocycles. The molecule has 0 spiro atoms. The van der Waals surface area contributed by atoms with Crippen LogP contribution >= 0.6 is 27.5 Å². The summed E-state index contributed by atoms with van der Waals surface area (Å²) in [6.45, 7) is 4.98. The molecule has 1 aromatic heterocycles. The fourth-order valence-electron chi connectivity index (χ4n) is 2.47. The summed E-state index contributed by atoms with van der Waals surface area (Å²) in [5.41, 5.74) is 3.05. The molecule has 3 nitrogen and oxygen atoms in total. The van der Waals surface area contributed by atoms with E-state index in [9.17, 15) is 5.11 Å². The van der Waals surface area contributed by atoms with Gasteiger partial charge in [-0.25, -0.2) is 0 Å². The lowest BCUT2D eigenvalue weighted by molar-refractivity contribution is 0.262. The molecule has 5 heteroatoms. The molecule has 0 fully saturated rings. The molecule has 1 atom stereocenters. The Morgan fingerprint density at radius 2 is 1.95 bits per heavy atom. The van der Waals surface area contributed by atoms with E-state index in [4.69, 9.17) is 11.6 Å². The summed E-state index contributed by atoms with van der Waals surface area (Å²) in [6, 6.07) is 8.06. The smallest absolute Gasteiger partial charge is 0.0850 e. The number of rotatable bonds is 6. The third kappa shape index (κ3) is 3.68. The molecular formula is C16H20BrClN2O. The average Bonchev–Trinajstić information content (AvgIpc) is 2.81. The van der Waals surface area contributed by atoms with Gasteiger partial charge in [0.05, 0.1) is 23.0 Å². The first kappa shape index (κ1) is 16.5. The zero-order valence-corrected chi connectivity index (χ0v) is 14.7. The molecule has 0 aliphatic rings. The van der Waals surface area contributed by atoms with Gasteiger partial charge in [-0.05, 0) is 37.5 Å². The Labute approximate surface area is 139 Å². The Kier molecular flexibility index (Phi) is 5.85. The SMILES string of the molecule is CCc1nn(CC)c(CC(CO)c2ccc(Br)cc2)c1Cl. The normalized spacial score (nSPS) is 12.6. The number of nitrogens with zero attached hydrogens (tertiary/aromatic N) is 2. The molecule has 114 valence electrons. The fraction of sp³-hybridized carbons (Fsp3) is 0.438. The second-order valence-electron chi connectivity index (χ2n) is 5.01. The molecule has 1 N–H and O–H groups in total. The van der Waals surface area contributed by atoms with Gasteiger partial charge in [0.1, 0.15) is 0 Å². The standard InChI is InChI=1S/C16H20BrClN2O/c1-3-14-16(18)15(20(4-2)19-14)9-12(10-21)11-5-7-13(17)8-6-11/h5-8,12,21H,3-4,9-10H2,1-2H3. The maximum absolute atomic E-state index is 9.74. The molecule has 2 aromatic rings. The summed E-state index contributed by atoms with van der Waals surface area (Å²) in [5, 5.41) is 15.0. The van der Waals surface area contributed by atoms with Crippen LogP contribution in [0.25, 0.3) is 0 Å². The third-order valence-corrected chi connectivity index (χ3v) is 4.66. The quantitative estimate of drug-likeness (QED) is 0.826. The summed E-state index contributed by atoms with van der Waals surface area (Å²) in [4.78, 5) is 0. The van der Waals surface area contributed by atoms with Crippen molar-refractivity contribution in [3.63, 3.8) is 0 Å². The van der Waals surface area contributed by atoms with Crippen LogP contribution < -0.4 is 0 Å². The van der Waals surface area contributed by atoms with Crippen LogP contribution in [0.3, 0.4) is 0 Å². The summed E-state index contributed by atoms with van der Waals surface area (Å²) < 4.78 is 2.98. The van der Waals surface area contributed by atoms with Gasteiger partial charge in [0.15, 0.2) is 0 Å². The molecule has 2 rings (SSSR count). The van der Waals surface area contributed by atoms with E-state index in [-0.39, 0.29) is 12.5 Å². The number of hydrogen-bond donors (Lipinski definition) is 1. The van der Waals surface area contributed by atoms with Gasteiger partial charge in [-0.3, -0.25) is 4.68 Å². The van der Waals surface area contributed by atoms with Gasteiger partial charge in [0, 0.05) is 16.9 Å². The molecule has 0 amide bonds. The lowest BCUT2D eigenvalue weighted by Gasteiger charge is -2.16. The highest BCUT2D eigenvalue weighted by molar-refractivity contribution is 9.10. The largest absolute Gasteiger partial charge is 0.396 e. The van der Waals surface area contributed by atoms with E-state index in [0.717, 1.165) is 39.4 Å². The lowest BCUT2D eigenvalue weighted by atomic mass is 9.95. The summed E-state index contributed by atoms with van der Waals surface area (Å²) in [7, 11) is 0. The van der Waals surface area contributed by atoms with E-state index in [0.29, 0.717) is 6.42 Å². The number of hydrogen-bond acceptors (Lipinski definition) is 2. The molecular weight excluding hydrogens is 352 g/mol. The van der Waals surface area contributed by atoms with Crippen LogP contribution in [0.2, 0.25) is 5.02 Å². The Hall–Kier alpha value is -0.840. The number of benzene rings is 1. The predicted molar refractivity (Wildman–Crippen MR) is 90.0 cm³/mol. The predicted octanol–water partition coefficient (Wildman–Crippen LogP) is 4.20. The van der Waals surface area contributed by atoms with Crippen molar-refractivity contribution in [1.82, 2.24) is 9.78 Å². The molecule has 0 aliphatic heterocycles. The first-order chi connectivity index (χ1) is 10.1. The van der Waals surface area contributed by atoms with Crippen LogP contribution in [0.1, 0.15) is 36.7 Å². The van der Waals surface area contributed by atoms with Crippen molar-refractivity contribution in [3.05, 3.63) is 50.7 Å². The topological polar surface area (TPSA) is 38.0 Å². The van der Waals surface area contributed by atoms with E-state index in [1.807, 2.05) is 28.9 Å². The Morgan fingerprint density at radius 3 is 2.48 bits per heavy atom. The number of aryl methyl sites for hydroxylation is 2. The number of aromatic nitrogens is 2. The van der Waals surface area contributed by atoms with E-state index in [1.165, 1.54) is 0 Å². The van der Waals surface area contributed by atoms with E-state index < -0.39 is 0 Å². The first-order valence-electron chi connectivity index (χ1n) is 7.21. The molecule has 0 saturated heterocycles. The minimum atomic E-state index is 0.0299. The van der Waals surface area contributed by atoms with Gasteiger partial charge in [-0.2, -0.15) is 5.10 Å². The van der Waals surface area contributed by atoms with Crippen molar-refractivity contribution in [3.8, 4) is 0 Å². The molecule has 1 heterocycles. The van der Waals surface area contributed by atoms with Crippen molar-refractivity contribution in [2.24, 2.45) is 0 Å². The maximum atomic E-state index is 9.74. The highest BCUT2D eigenvalue weighted by Gasteiger charge is 2.19. The first-order valence-corrected chi connectivity index (χ1v) is 8.38. The van der Waals surface area contributed by atoms with Gasteiger partial charge < -0.3 is 5.11 Å². The van der Waals surface area contributed by atoms with Crippen LogP contribution in [0.5, 0.6) is 0 Å². The Morgan fingerprint density at radius 1 is 1.29 bits per heavy atom. The molecule has 0 bridgehead atoms. The molecule has 0 radical (unpaired) electrons. The second kappa shape index (κ2) is 7.43. The summed E-state index contributed by atoms with van der Waals surface area (Å²) >= 11 is 9.88. The maximum Gasteiger partial charge on any atom is 0.0850 e. The van der Waals surface area contributed by atoms with E-state index >= 15 is 0 Å². The van der Waals surface area contributed by atoms with Crippen LogP contribution in [0, 0.1) is 0 Å². The highest BCUT2D eigenvalue weighted by atomic mass is 79.9.